The summed E-state index contributed by atoms with van der Waals surface area (Å²) in [6.07, 6.45) is 13.4. The molecule has 0 amide bonds. The normalized spacial score (nSPS) is 11.6. The zero-order chi connectivity index (χ0) is 19.5. The molecule has 2 nitrogen and oxygen atoms in total. The summed E-state index contributed by atoms with van der Waals surface area (Å²) in [5.41, 5.74) is 3.03. The van der Waals surface area contributed by atoms with Crippen molar-refractivity contribution in [3.63, 3.8) is 0 Å². The van der Waals surface area contributed by atoms with E-state index in [2.05, 4.69) is 66.6 Å². The lowest BCUT2D eigenvalue weighted by Crippen LogP contribution is -3.00. The van der Waals surface area contributed by atoms with Crippen LogP contribution in [-0.2, 0) is 12.8 Å². The predicted octanol–water partition coefficient (Wildman–Crippen LogP) is -0.687. The maximum Gasteiger partial charge on any atom is 0.0780 e. The second-order valence-corrected chi connectivity index (χ2v) is 10.2. The number of hydrogen-bond acceptors (Lipinski definition) is 0. The van der Waals surface area contributed by atoms with Crippen molar-refractivity contribution in [3.05, 3.63) is 35.4 Å². The van der Waals surface area contributed by atoms with Crippen LogP contribution in [0.5, 0.6) is 0 Å². The molecule has 0 atom stereocenters. The van der Waals surface area contributed by atoms with Crippen molar-refractivity contribution >= 4 is 0 Å². The Kier molecular flexibility index (Phi) is 17.9. The molecule has 0 aliphatic rings. The minimum atomic E-state index is 0. The van der Waals surface area contributed by atoms with Gasteiger partial charge >= 0.3 is 0 Å². The van der Waals surface area contributed by atoms with Crippen LogP contribution in [-0.4, -0.2) is 64.3 Å². The minimum Gasteiger partial charge on any atom is -1.00 e. The molecule has 0 spiro atoms. The molecule has 4 heteroatoms. The SMILES string of the molecule is C[N+](C)(C)CCCCCCc1ccc(CCCCCC[N+](C)(C)C)cc1.[I-].[I-]. The molecule has 1 rings (SSSR count). The number of benzene rings is 1. The Bertz CT molecular complexity index is 428. The third kappa shape index (κ3) is 18.6. The van der Waals surface area contributed by atoms with Gasteiger partial charge in [-0.2, -0.15) is 0 Å². The van der Waals surface area contributed by atoms with Crippen molar-refractivity contribution < 1.29 is 56.9 Å². The van der Waals surface area contributed by atoms with Crippen LogP contribution < -0.4 is 48.0 Å². The molecule has 0 radical (unpaired) electrons. The van der Waals surface area contributed by atoms with Gasteiger partial charge in [0, 0.05) is 0 Å². The van der Waals surface area contributed by atoms with Crippen molar-refractivity contribution in [1.29, 1.82) is 0 Å². The molecule has 0 aliphatic heterocycles. The van der Waals surface area contributed by atoms with Crippen LogP contribution in [0.1, 0.15) is 62.5 Å². The first-order valence-electron chi connectivity index (χ1n) is 10.8. The lowest BCUT2D eigenvalue weighted by Gasteiger charge is -2.23. The molecule has 0 unspecified atom stereocenters. The fourth-order valence-electron chi connectivity index (χ4n) is 3.41. The van der Waals surface area contributed by atoms with Gasteiger partial charge in [-0.25, -0.2) is 0 Å². The lowest BCUT2D eigenvalue weighted by molar-refractivity contribution is -0.870. The van der Waals surface area contributed by atoms with E-state index in [0.29, 0.717) is 0 Å². The zero-order valence-electron chi connectivity index (χ0n) is 19.4. The van der Waals surface area contributed by atoms with Gasteiger partial charge in [-0.3, -0.25) is 0 Å². The molecule has 0 fully saturated rings. The number of aryl methyl sites for hydroxylation is 2. The van der Waals surface area contributed by atoms with Crippen molar-refractivity contribution in [2.45, 2.75) is 64.2 Å². The van der Waals surface area contributed by atoms with Crippen molar-refractivity contribution in [3.8, 4) is 0 Å². The topological polar surface area (TPSA) is 0 Å². The second-order valence-electron chi connectivity index (χ2n) is 10.2. The molecule has 28 heavy (non-hydrogen) atoms. The first kappa shape index (κ1) is 30.8. The number of halogens is 2. The molecule has 166 valence electrons. The Hall–Kier alpha value is 0.600. The first-order chi connectivity index (χ1) is 12.2. The van der Waals surface area contributed by atoms with E-state index in [1.54, 1.807) is 0 Å². The number of quaternary nitrogens is 2. The quantitative estimate of drug-likeness (QED) is 0.148. The average molecular weight is 616 g/mol. The van der Waals surface area contributed by atoms with Gasteiger partial charge in [0.05, 0.1) is 55.4 Å². The summed E-state index contributed by atoms with van der Waals surface area (Å²) in [5, 5.41) is 0. The highest BCUT2D eigenvalue weighted by Gasteiger charge is 2.06. The number of unbranched alkanes of at least 4 members (excludes halogenated alkanes) is 6. The molecular formula is C24H46I2N2. The highest BCUT2D eigenvalue weighted by atomic mass is 127. The standard InChI is InChI=1S/C24H46N2.2HI/c1-25(2,3)21-13-9-7-11-15-23-17-19-24(20-18-23)16-12-8-10-14-22-26(4,5)6;;/h17-20H,7-16,21-22H2,1-6H3;2*1H/q+2;;/p-2. The van der Waals surface area contributed by atoms with Crippen molar-refractivity contribution in [1.82, 2.24) is 0 Å². The maximum atomic E-state index is 2.36. The summed E-state index contributed by atoms with van der Waals surface area (Å²) in [6.45, 7) is 2.59. The molecular weight excluding hydrogens is 570 g/mol. The van der Waals surface area contributed by atoms with E-state index in [1.807, 2.05) is 0 Å². The third-order valence-corrected chi connectivity index (χ3v) is 5.11. The Labute approximate surface area is 210 Å². The third-order valence-electron chi connectivity index (χ3n) is 5.11. The van der Waals surface area contributed by atoms with Gasteiger partial charge in [0.2, 0.25) is 0 Å². The fourth-order valence-corrected chi connectivity index (χ4v) is 3.41. The van der Waals surface area contributed by atoms with E-state index < -0.39 is 0 Å². The fraction of sp³-hybridized carbons (Fsp3) is 0.750. The van der Waals surface area contributed by atoms with E-state index >= 15 is 0 Å². The lowest BCUT2D eigenvalue weighted by atomic mass is 10.0. The van der Waals surface area contributed by atoms with Gasteiger partial charge in [0.25, 0.3) is 0 Å². The minimum absolute atomic E-state index is 0. The van der Waals surface area contributed by atoms with Crippen molar-refractivity contribution in [2.24, 2.45) is 0 Å². The number of nitrogens with zero attached hydrogens (tertiary/aromatic N) is 2. The van der Waals surface area contributed by atoms with Crippen LogP contribution in [0.25, 0.3) is 0 Å². The van der Waals surface area contributed by atoms with Crippen LogP contribution in [0.15, 0.2) is 24.3 Å². The molecule has 0 saturated carbocycles. The van der Waals surface area contributed by atoms with Crippen molar-refractivity contribution in [2.75, 3.05) is 55.4 Å². The summed E-state index contributed by atoms with van der Waals surface area (Å²) in [7, 11) is 13.7. The number of rotatable bonds is 14. The summed E-state index contributed by atoms with van der Waals surface area (Å²) < 4.78 is 2.19. The van der Waals surface area contributed by atoms with E-state index in [9.17, 15) is 0 Å². The molecule has 1 aromatic rings. The van der Waals surface area contributed by atoms with E-state index in [-0.39, 0.29) is 48.0 Å². The molecule has 0 N–H and O–H groups in total. The van der Waals surface area contributed by atoms with E-state index in [1.165, 1.54) is 88.4 Å². The Morgan fingerprint density at radius 3 is 1.04 bits per heavy atom. The largest absolute Gasteiger partial charge is 1.00 e. The molecule has 0 heterocycles. The van der Waals surface area contributed by atoms with Gasteiger partial charge in [0.1, 0.15) is 0 Å². The number of hydrogen-bond donors (Lipinski definition) is 0. The Morgan fingerprint density at radius 1 is 0.464 bits per heavy atom. The highest BCUT2D eigenvalue weighted by molar-refractivity contribution is 5.22. The first-order valence-corrected chi connectivity index (χ1v) is 10.8. The van der Waals surface area contributed by atoms with Crippen LogP contribution >= 0.6 is 0 Å². The highest BCUT2D eigenvalue weighted by Crippen LogP contribution is 2.13. The van der Waals surface area contributed by atoms with Gasteiger partial charge in [-0.05, 0) is 62.5 Å². The second kappa shape index (κ2) is 16.3. The predicted molar refractivity (Wildman–Crippen MR) is 117 cm³/mol. The monoisotopic (exact) mass is 616 g/mol. The zero-order valence-corrected chi connectivity index (χ0v) is 23.8. The summed E-state index contributed by atoms with van der Waals surface area (Å²) >= 11 is 0. The van der Waals surface area contributed by atoms with Gasteiger partial charge in [0.15, 0.2) is 0 Å². The van der Waals surface area contributed by atoms with Crippen LogP contribution in [0.2, 0.25) is 0 Å². The smallest absolute Gasteiger partial charge is 0.0780 e. The van der Waals surface area contributed by atoms with Crippen LogP contribution in [0, 0.1) is 0 Å². The molecule has 0 aromatic heterocycles. The van der Waals surface area contributed by atoms with Crippen LogP contribution in [0.4, 0.5) is 0 Å². The van der Waals surface area contributed by atoms with E-state index in [4.69, 9.17) is 0 Å². The molecule has 1 aromatic carbocycles. The van der Waals surface area contributed by atoms with Gasteiger partial charge in [-0.1, -0.05) is 37.1 Å². The molecule has 0 saturated heterocycles. The Morgan fingerprint density at radius 2 is 0.750 bits per heavy atom. The van der Waals surface area contributed by atoms with Gasteiger partial charge < -0.3 is 56.9 Å². The summed E-state index contributed by atoms with van der Waals surface area (Å²) in [6, 6.07) is 9.44. The van der Waals surface area contributed by atoms with E-state index in [0.717, 1.165) is 8.97 Å². The molecule has 0 aliphatic carbocycles. The molecule has 0 bridgehead atoms. The van der Waals surface area contributed by atoms with Gasteiger partial charge in [-0.15, -0.1) is 0 Å². The van der Waals surface area contributed by atoms with Crippen LogP contribution in [0.3, 0.4) is 0 Å². The Balaban J connectivity index is 0. The maximum absolute atomic E-state index is 2.36. The summed E-state index contributed by atoms with van der Waals surface area (Å²) in [4.78, 5) is 0. The average Bonchev–Trinajstić information content (AvgIpc) is 2.53. The summed E-state index contributed by atoms with van der Waals surface area (Å²) in [5.74, 6) is 0.